The van der Waals surface area contributed by atoms with E-state index in [2.05, 4.69) is 6.92 Å². The lowest BCUT2D eigenvalue weighted by atomic mass is 9.86. The molecule has 2 aromatic rings. The van der Waals surface area contributed by atoms with Gasteiger partial charge in [-0.1, -0.05) is 31.2 Å². The monoisotopic (exact) mass is 287 g/mol. The molecule has 0 amide bonds. The van der Waals surface area contributed by atoms with Crippen LogP contribution in [0, 0.1) is 5.82 Å². The first-order valence-electron chi connectivity index (χ1n) is 7.28. The van der Waals surface area contributed by atoms with E-state index in [1.807, 2.05) is 31.2 Å². The van der Waals surface area contributed by atoms with E-state index in [0.29, 0.717) is 6.42 Å². The zero-order valence-corrected chi connectivity index (χ0v) is 12.6. The van der Waals surface area contributed by atoms with Crippen LogP contribution in [0.5, 0.6) is 5.75 Å². The van der Waals surface area contributed by atoms with Crippen LogP contribution in [-0.4, -0.2) is 6.61 Å². The highest BCUT2D eigenvalue weighted by atomic mass is 19.1. The summed E-state index contributed by atoms with van der Waals surface area (Å²) in [7, 11) is 0. The number of hydrogen-bond donors (Lipinski definition) is 1. The van der Waals surface area contributed by atoms with E-state index in [1.165, 1.54) is 12.1 Å². The minimum Gasteiger partial charge on any atom is -0.494 e. The third-order valence-corrected chi connectivity index (χ3v) is 3.47. The van der Waals surface area contributed by atoms with E-state index in [1.54, 1.807) is 12.1 Å². The van der Waals surface area contributed by atoms with Crippen molar-refractivity contribution in [2.45, 2.75) is 32.2 Å². The van der Waals surface area contributed by atoms with E-state index >= 15 is 0 Å². The molecule has 0 spiro atoms. The Hall–Kier alpha value is -1.87. The van der Waals surface area contributed by atoms with Gasteiger partial charge in [0.15, 0.2) is 0 Å². The van der Waals surface area contributed by atoms with Gasteiger partial charge in [0.05, 0.1) is 6.61 Å². The van der Waals surface area contributed by atoms with Gasteiger partial charge in [-0.2, -0.15) is 0 Å². The average molecular weight is 287 g/mol. The molecule has 0 fully saturated rings. The Kier molecular flexibility index (Phi) is 4.97. The van der Waals surface area contributed by atoms with Gasteiger partial charge in [-0.3, -0.25) is 0 Å². The smallest absolute Gasteiger partial charge is 0.123 e. The minimum absolute atomic E-state index is 0.227. The van der Waals surface area contributed by atoms with Gasteiger partial charge in [0, 0.05) is 5.54 Å². The van der Waals surface area contributed by atoms with Gasteiger partial charge in [-0.15, -0.1) is 0 Å². The lowest BCUT2D eigenvalue weighted by Gasteiger charge is -2.25. The summed E-state index contributed by atoms with van der Waals surface area (Å²) in [6.45, 7) is 4.78. The molecule has 21 heavy (non-hydrogen) atoms. The first-order chi connectivity index (χ1) is 10.0. The summed E-state index contributed by atoms with van der Waals surface area (Å²) in [4.78, 5) is 0. The molecule has 112 valence electrons. The average Bonchev–Trinajstić information content (AvgIpc) is 2.48. The van der Waals surface area contributed by atoms with E-state index in [4.69, 9.17) is 10.5 Å². The third-order valence-electron chi connectivity index (χ3n) is 3.47. The minimum atomic E-state index is -0.499. The summed E-state index contributed by atoms with van der Waals surface area (Å²) in [5, 5.41) is 0. The zero-order chi connectivity index (χ0) is 15.3. The van der Waals surface area contributed by atoms with Crippen LogP contribution in [0.4, 0.5) is 4.39 Å². The Labute approximate surface area is 125 Å². The molecule has 2 aromatic carbocycles. The van der Waals surface area contributed by atoms with Crippen LogP contribution >= 0.6 is 0 Å². The van der Waals surface area contributed by atoms with Gasteiger partial charge in [0.1, 0.15) is 11.6 Å². The third kappa shape index (κ3) is 4.30. The summed E-state index contributed by atoms with van der Waals surface area (Å²) in [6, 6.07) is 14.4. The number of rotatable bonds is 6. The maximum Gasteiger partial charge on any atom is 0.123 e. The van der Waals surface area contributed by atoms with Crippen molar-refractivity contribution < 1.29 is 9.13 Å². The van der Waals surface area contributed by atoms with Crippen molar-refractivity contribution in [2.75, 3.05) is 6.61 Å². The molecule has 1 unspecified atom stereocenters. The van der Waals surface area contributed by atoms with Crippen LogP contribution in [-0.2, 0) is 12.0 Å². The quantitative estimate of drug-likeness (QED) is 0.870. The Balaban J connectivity index is 2.09. The second-order valence-electron chi connectivity index (χ2n) is 5.59. The molecule has 1 atom stereocenters. The van der Waals surface area contributed by atoms with Crippen LogP contribution in [0.2, 0.25) is 0 Å². The highest BCUT2D eigenvalue weighted by Crippen LogP contribution is 2.25. The van der Waals surface area contributed by atoms with Gasteiger partial charge in [-0.25, -0.2) is 4.39 Å². The Morgan fingerprint density at radius 2 is 1.67 bits per heavy atom. The largest absolute Gasteiger partial charge is 0.494 e. The standard InChI is InChI=1S/C18H22FNO/c1-3-12-21-17-10-6-15(7-11-17)18(2,20)13-14-4-8-16(19)9-5-14/h4-11H,3,12-13,20H2,1-2H3. The topological polar surface area (TPSA) is 35.2 Å². The summed E-state index contributed by atoms with van der Waals surface area (Å²) in [6.07, 6.45) is 1.64. The van der Waals surface area contributed by atoms with Gasteiger partial charge in [0.2, 0.25) is 0 Å². The molecule has 0 heterocycles. The normalized spacial score (nSPS) is 13.7. The van der Waals surface area contributed by atoms with Crippen molar-refractivity contribution in [3.63, 3.8) is 0 Å². The first kappa shape index (κ1) is 15.5. The van der Waals surface area contributed by atoms with Crippen molar-refractivity contribution in [3.05, 3.63) is 65.5 Å². The van der Waals surface area contributed by atoms with Gasteiger partial charge in [-0.05, 0) is 55.2 Å². The van der Waals surface area contributed by atoms with Crippen molar-refractivity contribution in [1.29, 1.82) is 0 Å². The molecule has 3 heteroatoms. The van der Waals surface area contributed by atoms with Crippen LogP contribution < -0.4 is 10.5 Å². The van der Waals surface area contributed by atoms with E-state index in [9.17, 15) is 4.39 Å². The molecular weight excluding hydrogens is 265 g/mol. The first-order valence-corrected chi connectivity index (χ1v) is 7.28. The molecule has 0 saturated heterocycles. The molecule has 0 bridgehead atoms. The van der Waals surface area contributed by atoms with Crippen molar-refractivity contribution in [2.24, 2.45) is 5.73 Å². The maximum atomic E-state index is 12.9. The second-order valence-corrected chi connectivity index (χ2v) is 5.59. The lowest BCUT2D eigenvalue weighted by molar-refractivity contribution is 0.317. The fraction of sp³-hybridized carbons (Fsp3) is 0.333. The molecule has 0 aliphatic carbocycles. The van der Waals surface area contributed by atoms with Gasteiger partial charge in [0.25, 0.3) is 0 Å². The van der Waals surface area contributed by atoms with Crippen LogP contribution in [0.15, 0.2) is 48.5 Å². The fourth-order valence-electron chi connectivity index (χ4n) is 2.28. The SMILES string of the molecule is CCCOc1ccc(C(C)(N)Cc2ccc(F)cc2)cc1. The molecular formula is C18H22FNO. The summed E-state index contributed by atoms with van der Waals surface area (Å²) in [5.41, 5.74) is 7.98. The summed E-state index contributed by atoms with van der Waals surface area (Å²) < 4.78 is 18.5. The highest BCUT2D eigenvalue weighted by Gasteiger charge is 2.21. The molecule has 0 aliphatic heterocycles. The van der Waals surface area contributed by atoms with Gasteiger partial charge >= 0.3 is 0 Å². The number of nitrogens with two attached hydrogens (primary N) is 1. The molecule has 0 aliphatic rings. The van der Waals surface area contributed by atoms with Crippen molar-refractivity contribution in [1.82, 2.24) is 0 Å². The Morgan fingerprint density at radius 3 is 2.24 bits per heavy atom. The van der Waals surface area contributed by atoms with Crippen molar-refractivity contribution in [3.8, 4) is 5.75 Å². The van der Waals surface area contributed by atoms with E-state index in [-0.39, 0.29) is 5.82 Å². The number of hydrogen-bond acceptors (Lipinski definition) is 2. The Morgan fingerprint density at radius 1 is 1.05 bits per heavy atom. The van der Waals surface area contributed by atoms with Crippen molar-refractivity contribution >= 4 is 0 Å². The molecule has 0 saturated carbocycles. The number of benzene rings is 2. The maximum absolute atomic E-state index is 12.9. The molecule has 2 rings (SSSR count). The van der Waals surface area contributed by atoms with Crippen LogP contribution in [0.3, 0.4) is 0 Å². The second kappa shape index (κ2) is 6.72. The number of ether oxygens (including phenoxy) is 1. The molecule has 2 nitrogen and oxygen atoms in total. The van der Waals surface area contributed by atoms with Gasteiger partial charge < -0.3 is 10.5 Å². The number of halogens is 1. The predicted octanol–water partition coefficient (Wildman–Crippen LogP) is 4.03. The molecule has 0 aromatic heterocycles. The van der Waals surface area contributed by atoms with E-state index < -0.39 is 5.54 Å². The molecule has 2 N–H and O–H groups in total. The van der Waals surface area contributed by atoms with E-state index in [0.717, 1.165) is 29.9 Å². The Bertz CT molecular complexity index is 561. The fourth-order valence-corrected chi connectivity index (χ4v) is 2.28. The zero-order valence-electron chi connectivity index (χ0n) is 12.6. The lowest BCUT2D eigenvalue weighted by Crippen LogP contribution is -2.35. The van der Waals surface area contributed by atoms with Crippen LogP contribution in [0.25, 0.3) is 0 Å². The summed E-state index contributed by atoms with van der Waals surface area (Å²) >= 11 is 0. The molecule has 0 radical (unpaired) electrons. The summed E-state index contributed by atoms with van der Waals surface area (Å²) in [5.74, 6) is 0.632. The van der Waals surface area contributed by atoms with Crippen LogP contribution in [0.1, 0.15) is 31.4 Å². The highest BCUT2D eigenvalue weighted by molar-refractivity contribution is 5.33. The predicted molar refractivity (Wildman–Crippen MR) is 83.9 cm³/mol.